The summed E-state index contributed by atoms with van der Waals surface area (Å²) < 4.78 is 10.2. The highest BCUT2D eigenvalue weighted by Gasteiger charge is 2.19. The van der Waals surface area contributed by atoms with Crippen LogP contribution in [0.25, 0.3) is 0 Å². The minimum Gasteiger partial charge on any atom is -0.493 e. The average Bonchev–Trinajstić information content (AvgIpc) is 2.45. The Balaban J connectivity index is 1.86. The third kappa shape index (κ3) is 3.71. The Bertz CT molecular complexity index is 455. The third-order valence-electron chi connectivity index (χ3n) is 3.11. The van der Waals surface area contributed by atoms with E-state index in [4.69, 9.17) is 4.74 Å². The predicted octanol–water partition coefficient (Wildman–Crippen LogP) is 1.38. The van der Waals surface area contributed by atoms with Gasteiger partial charge < -0.3 is 14.8 Å². The molecule has 1 N–H and O–H groups in total. The van der Waals surface area contributed by atoms with Crippen molar-refractivity contribution in [3.05, 3.63) is 29.8 Å². The molecule has 1 unspecified atom stereocenters. The van der Waals surface area contributed by atoms with Gasteiger partial charge in [-0.15, -0.1) is 0 Å². The highest BCUT2D eigenvalue weighted by Crippen LogP contribution is 2.17. The average molecular weight is 263 g/mol. The highest BCUT2D eigenvalue weighted by atomic mass is 16.5. The zero-order valence-corrected chi connectivity index (χ0v) is 10.8. The summed E-state index contributed by atoms with van der Waals surface area (Å²) in [6, 6.07) is 6.79. The normalized spacial score (nSPS) is 18.6. The second-order valence-electron chi connectivity index (χ2n) is 4.54. The van der Waals surface area contributed by atoms with Gasteiger partial charge in [0.2, 0.25) is 5.91 Å². The monoisotopic (exact) mass is 263 g/mol. The Hall–Kier alpha value is -2.04. The van der Waals surface area contributed by atoms with E-state index in [1.807, 2.05) is 0 Å². The van der Waals surface area contributed by atoms with Gasteiger partial charge in [0, 0.05) is 18.9 Å². The van der Waals surface area contributed by atoms with Crippen LogP contribution in [0.5, 0.6) is 5.75 Å². The number of hydrogen-bond acceptors (Lipinski definition) is 4. The maximum atomic E-state index is 11.3. The van der Waals surface area contributed by atoms with Crippen molar-refractivity contribution in [3.8, 4) is 5.75 Å². The molecule has 0 radical (unpaired) electrons. The third-order valence-corrected chi connectivity index (χ3v) is 3.11. The molecule has 1 aliphatic heterocycles. The topological polar surface area (TPSA) is 64.6 Å². The Morgan fingerprint density at radius 2 is 2.11 bits per heavy atom. The van der Waals surface area contributed by atoms with Crippen LogP contribution in [0.2, 0.25) is 0 Å². The van der Waals surface area contributed by atoms with Crippen LogP contribution in [0.4, 0.5) is 0 Å². The van der Waals surface area contributed by atoms with E-state index >= 15 is 0 Å². The Morgan fingerprint density at radius 1 is 1.37 bits per heavy atom. The van der Waals surface area contributed by atoms with Gasteiger partial charge in [-0.05, 0) is 30.7 Å². The van der Waals surface area contributed by atoms with E-state index < -0.39 is 0 Å². The predicted molar refractivity (Wildman–Crippen MR) is 69.0 cm³/mol. The zero-order chi connectivity index (χ0) is 13.7. The van der Waals surface area contributed by atoms with Gasteiger partial charge in [-0.1, -0.05) is 0 Å². The van der Waals surface area contributed by atoms with Crippen molar-refractivity contribution < 1.29 is 19.1 Å². The van der Waals surface area contributed by atoms with Crippen LogP contribution in [0.3, 0.4) is 0 Å². The largest absolute Gasteiger partial charge is 0.493 e. The maximum absolute atomic E-state index is 11.3. The molecule has 1 fully saturated rings. The van der Waals surface area contributed by atoms with Crippen molar-refractivity contribution >= 4 is 11.9 Å². The molecule has 0 spiro atoms. The smallest absolute Gasteiger partial charge is 0.337 e. The SMILES string of the molecule is COC(=O)c1ccc(OCC2CCNC(=O)C2)cc1. The number of rotatable bonds is 4. The standard InChI is InChI=1S/C14H17NO4/c1-18-14(17)11-2-4-12(5-3-11)19-9-10-6-7-15-13(16)8-10/h2-5,10H,6-9H2,1H3,(H,15,16). The quantitative estimate of drug-likeness (QED) is 0.833. The van der Waals surface area contributed by atoms with Crippen LogP contribution in [0.1, 0.15) is 23.2 Å². The number of methoxy groups -OCH3 is 1. The van der Waals surface area contributed by atoms with E-state index in [1.165, 1.54) is 7.11 Å². The lowest BCUT2D eigenvalue weighted by molar-refractivity contribution is -0.123. The van der Waals surface area contributed by atoms with E-state index in [2.05, 4.69) is 10.1 Å². The molecule has 1 heterocycles. The van der Waals surface area contributed by atoms with Gasteiger partial charge in [0.25, 0.3) is 0 Å². The number of carbonyl (C=O) groups excluding carboxylic acids is 2. The molecule has 1 aromatic rings. The molecule has 1 aromatic carbocycles. The van der Waals surface area contributed by atoms with E-state index in [9.17, 15) is 9.59 Å². The van der Waals surface area contributed by atoms with Crippen molar-refractivity contribution in [1.82, 2.24) is 5.32 Å². The lowest BCUT2D eigenvalue weighted by atomic mass is 9.99. The summed E-state index contributed by atoms with van der Waals surface area (Å²) in [6.07, 6.45) is 1.45. The summed E-state index contributed by atoms with van der Waals surface area (Å²) in [4.78, 5) is 22.5. The Kier molecular flexibility index (Phi) is 4.39. The van der Waals surface area contributed by atoms with Gasteiger partial charge >= 0.3 is 5.97 Å². The van der Waals surface area contributed by atoms with Gasteiger partial charge in [-0.3, -0.25) is 4.79 Å². The molecule has 1 saturated heterocycles. The second kappa shape index (κ2) is 6.22. The molecular weight excluding hydrogens is 246 g/mol. The van der Waals surface area contributed by atoms with E-state index in [0.29, 0.717) is 30.9 Å². The van der Waals surface area contributed by atoms with Gasteiger partial charge in [0.05, 0.1) is 19.3 Å². The van der Waals surface area contributed by atoms with Crippen LogP contribution in [0, 0.1) is 5.92 Å². The Labute approximate surface area is 111 Å². The molecule has 1 amide bonds. The number of ether oxygens (including phenoxy) is 2. The van der Waals surface area contributed by atoms with Gasteiger partial charge in [0.1, 0.15) is 5.75 Å². The molecule has 5 nitrogen and oxygen atoms in total. The fourth-order valence-electron chi connectivity index (χ4n) is 2.01. The van der Waals surface area contributed by atoms with Gasteiger partial charge in [0.15, 0.2) is 0 Å². The fraction of sp³-hybridized carbons (Fsp3) is 0.429. The second-order valence-corrected chi connectivity index (χ2v) is 4.54. The number of benzene rings is 1. The van der Waals surface area contributed by atoms with Gasteiger partial charge in [-0.2, -0.15) is 0 Å². The summed E-state index contributed by atoms with van der Waals surface area (Å²) in [5.74, 6) is 0.670. The summed E-state index contributed by atoms with van der Waals surface area (Å²) in [7, 11) is 1.35. The number of nitrogens with one attached hydrogen (secondary N) is 1. The van der Waals surface area contributed by atoms with Crippen molar-refractivity contribution in [1.29, 1.82) is 0 Å². The maximum Gasteiger partial charge on any atom is 0.337 e. The molecule has 0 aliphatic carbocycles. The number of carbonyl (C=O) groups is 2. The minimum atomic E-state index is -0.365. The van der Waals surface area contributed by atoms with E-state index in [1.54, 1.807) is 24.3 Å². The van der Waals surface area contributed by atoms with Crippen LogP contribution in [-0.4, -0.2) is 32.1 Å². The number of hydrogen-bond donors (Lipinski definition) is 1. The number of esters is 1. The van der Waals surface area contributed by atoms with Crippen LogP contribution in [0.15, 0.2) is 24.3 Å². The van der Waals surface area contributed by atoms with Crippen molar-refractivity contribution in [3.63, 3.8) is 0 Å². The fourth-order valence-corrected chi connectivity index (χ4v) is 2.01. The molecule has 2 rings (SSSR count). The summed E-state index contributed by atoms with van der Waals surface area (Å²) in [6.45, 7) is 1.24. The molecule has 102 valence electrons. The zero-order valence-electron chi connectivity index (χ0n) is 10.8. The van der Waals surface area contributed by atoms with Crippen LogP contribution >= 0.6 is 0 Å². The molecule has 5 heteroatoms. The molecule has 19 heavy (non-hydrogen) atoms. The highest BCUT2D eigenvalue weighted by molar-refractivity contribution is 5.89. The van der Waals surface area contributed by atoms with Gasteiger partial charge in [-0.25, -0.2) is 4.79 Å². The lowest BCUT2D eigenvalue weighted by Gasteiger charge is -2.22. The molecular formula is C14H17NO4. The van der Waals surface area contributed by atoms with E-state index in [0.717, 1.165) is 6.42 Å². The van der Waals surface area contributed by atoms with Crippen molar-refractivity contribution in [2.45, 2.75) is 12.8 Å². The Morgan fingerprint density at radius 3 is 2.74 bits per heavy atom. The first-order valence-electron chi connectivity index (χ1n) is 6.27. The lowest BCUT2D eigenvalue weighted by Crippen LogP contribution is -2.35. The van der Waals surface area contributed by atoms with E-state index in [-0.39, 0.29) is 17.8 Å². The first-order valence-corrected chi connectivity index (χ1v) is 6.27. The molecule has 1 aliphatic rings. The summed E-state index contributed by atoms with van der Waals surface area (Å²) >= 11 is 0. The first-order chi connectivity index (χ1) is 9.19. The first kappa shape index (κ1) is 13.4. The minimum absolute atomic E-state index is 0.0842. The van der Waals surface area contributed by atoms with Crippen LogP contribution < -0.4 is 10.1 Å². The molecule has 0 bridgehead atoms. The molecule has 1 atom stereocenters. The molecule has 0 aromatic heterocycles. The number of piperidine rings is 1. The van der Waals surface area contributed by atoms with Crippen molar-refractivity contribution in [2.24, 2.45) is 5.92 Å². The molecule has 0 saturated carbocycles. The summed E-state index contributed by atoms with van der Waals surface area (Å²) in [5.41, 5.74) is 0.492. The number of amides is 1. The summed E-state index contributed by atoms with van der Waals surface area (Å²) in [5, 5.41) is 2.79. The van der Waals surface area contributed by atoms with Crippen molar-refractivity contribution in [2.75, 3.05) is 20.3 Å². The van der Waals surface area contributed by atoms with Crippen LogP contribution in [-0.2, 0) is 9.53 Å².